The maximum atomic E-state index is 14.9. The molecular formula is C26H19F2NO4. The molecule has 1 amide bonds. The molecule has 1 fully saturated rings. The van der Waals surface area contributed by atoms with Gasteiger partial charge in [0.25, 0.3) is 11.7 Å². The number of halogens is 2. The molecule has 0 radical (unpaired) electrons. The number of amides is 1. The van der Waals surface area contributed by atoms with E-state index in [-0.39, 0.29) is 16.8 Å². The molecule has 33 heavy (non-hydrogen) atoms. The lowest BCUT2D eigenvalue weighted by molar-refractivity contribution is -0.132. The summed E-state index contributed by atoms with van der Waals surface area (Å²) in [5.41, 5.74) is 1.23. The zero-order valence-corrected chi connectivity index (χ0v) is 17.4. The van der Waals surface area contributed by atoms with Gasteiger partial charge in [0.05, 0.1) is 18.2 Å². The Balaban J connectivity index is 1.71. The second kappa shape index (κ2) is 8.16. The molecular weight excluding hydrogens is 428 g/mol. The van der Waals surface area contributed by atoms with Crippen molar-refractivity contribution < 1.29 is 28.2 Å². The van der Waals surface area contributed by atoms with Crippen LogP contribution in [0.1, 0.15) is 29.2 Å². The molecule has 0 bridgehead atoms. The molecule has 2 aliphatic heterocycles. The van der Waals surface area contributed by atoms with Crippen molar-refractivity contribution in [1.82, 2.24) is 0 Å². The van der Waals surface area contributed by atoms with Gasteiger partial charge < -0.3 is 9.84 Å². The van der Waals surface area contributed by atoms with Gasteiger partial charge in [0.1, 0.15) is 23.1 Å². The van der Waals surface area contributed by atoms with Crippen LogP contribution in [0.25, 0.3) is 5.76 Å². The van der Waals surface area contributed by atoms with Crippen molar-refractivity contribution in [1.29, 1.82) is 0 Å². The molecule has 1 unspecified atom stereocenters. The summed E-state index contributed by atoms with van der Waals surface area (Å²) in [6.45, 7) is 0.606. The van der Waals surface area contributed by atoms with Crippen LogP contribution in [0.4, 0.5) is 14.5 Å². The molecule has 0 aromatic heterocycles. The van der Waals surface area contributed by atoms with Gasteiger partial charge in [-0.25, -0.2) is 8.78 Å². The van der Waals surface area contributed by atoms with E-state index in [1.807, 2.05) is 0 Å². The summed E-state index contributed by atoms with van der Waals surface area (Å²) in [6, 6.07) is 14.5. The summed E-state index contributed by atoms with van der Waals surface area (Å²) in [6.07, 6.45) is 1.57. The first-order chi connectivity index (χ1) is 16.0. The molecule has 166 valence electrons. The monoisotopic (exact) mass is 447 g/mol. The van der Waals surface area contributed by atoms with Crippen molar-refractivity contribution in [2.45, 2.75) is 18.9 Å². The minimum absolute atomic E-state index is 0.0452. The third-order valence-electron chi connectivity index (χ3n) is 5.93. The maximum absolute atomic E-state index is 14.9. The van der Waals surface area contributed by atoms with E-state index >= 15 is 0 Å². The Morgan fingerprint density at radius 3 is 2.52 bits per heavy atom. The van der Waals surface area contributed by atoms with Crippen molar-refractivity contribution in [3.8, 4) is 5.75 Å². The number of aliphatic hydroxyl groups excluding tert-OH is 1. The number of fused-ring (bicyclic) bond motifs is 1. The zero-order valence-electron chi connectivity index (χ0n) is 17.4. The van der Waals surface area contributed by atoms with Gasteiger partial charge in [0.15, 0.2) is 0 Å². The second-order valence-corrected chi connectivity index (χ2v) is 7.94. The Labute approximate surface area is 188 Å². The molecule has 1 N–H and O–H groups in total. The van der Waals surface area contributed by atoms with Crippen LogP contribution >= 0.6 is 0 Å². The van der Waals surface area contributed by atoms with Crippen molar-refractivity contribution in [3.63, 3.8) is 0 Å². The molecule has 5 nitrogen and oxygen atoms in total. The Morgan fingerprint density at radius 1 is 1.00 bits per heavy atom. The third-order valence-corrected chi connectivity index (χ3v) is 5.93. The first kappa shape index (κ1) is 20.9. The number of hydrogen-bond acceptors (Lipinski definition) is 4. The summed E-state index contributed by atoms with van der Waals surface area (Å²) >= 11 is 0. The first-order valence-electron chi connectivity index (χ1n) is 10.5. The number of anilines is 1. The number of aliphatic hydroxyl groups is 1. The highest BCUT2D eigenvalue weighted by Gasteiger charge is 2.47. The molecule has 3 aromatic rings. The molecule has 1 atom stereocenters. The Kier molecular flexibility index (Phi) is 5.17. The van der Waals surface area contributed by atoms with Crippen LogP contribution in [-0.4, -0.2) is 23.4 Å². The van der Waals surface area contributed by atoms with Crippen LogP contribution in [0.2, 0.25) is 0 Å². The largest absolute Gasteiger partial charge is 0.507 e. The fraction of sp³-hybridized carbons (Fsp3) is 0.154. The van der Waals surface area contributed by atoms with E-state index in [1.165, 1.54) is 30.3 Å². The average molecular weight is 447 g/mol. The van der Waals surface area contributed by atoms with Gasteiger partial charge in [-0.05, 0) is 66.9 Å². The summed E-state index contributed by atoms with van der Waals surface area (Å²) in [5, 5.41) is 11.2. The SMILES string of the molecule is O=C1C(=O)N(c2ccc(F)cc2)C(c2ccccc2F)/C1=C(\O)c1ccc2c(c1)CCCO2. The predicted molar refractivity (Wildman–Crippen MR) is 118 cm³/mol. The Bertz CT molecular complexity index is 1300. The number of nitrogens with zero attached hydrogens (tertiary/aromatic N) is 1. The normalized spacial score (nSPS) is 19.3. The lowest BCUT2D eigenvalue weighted by Gasteiger charge is -2.26. The van der Waals surface area contributed by atoms with Gasteiger partial charge in [-0.1, -0.05) is 18.2 Å². The van der Waals surface area contributed by atoms with Crippen molar-refractivity contribution in [3.05, 3.63) is 101 Å². The van der Waals surface area contributed by atoms with Crippen LogP contribution < -0.4 is 9.64 Å². The fourth-order valence-electron chi connectivity index (χ4n) is 4.35. The summed E-state index contributed by atoms with van der Waals surface area (Å²) in [7, 11) is 0. The van der Waals surface area contributed by atoms with Gasteiger partial charge in [-0.3, -0.25) is 14.5 Å². The number of Topliss-reactive ketones (excluding diaryl/α,β-unsaturated/α-hetero) is 1. The smallest absolute Gasteiger partial charge is 0.300 e. The van der Waals surface area contributed by atoms with E-state index in [1.54, 1.807) is 24.3 Å². The number of benzene rings is 3. The highest BCUT2D eigenvalue weighted by atomic mass is 19.1. The van der Waals surface area contributed by atoms with Crippen LogP contribution in [0.3, 0.4) is 0 Å². The fourth-order valence-corrected chi connectivity index (χ4v) is 4.35. The maximum Gasteiger partial charge on any atom is 0.300 e. The molecule has 3 aromatic carbocycles. The number of aryl methyl sites for hydroxylation is 1. The minimum Gasteiger partial charge on any atom is -0.507 e. The molecule has 7 heteroatoms. The molecule has 2 heterocycles. The molecule has 0 aliphatic carbocycles. The van der Waals surface area contributed by atoms with Gasteiger partial charge in [-0.15, -0.1) is 0 Å². The lowest BCUT2D eigenvalue weighted by Crippen LogP contribution is -2.29. The third kappa shape index (κ3) is 3.55. The zero-order chi connectivity index (χ0) is 23.1. The van der Waals surface area contributed by atoms with Crippen molar-refractivity contribution in [2.75, 3.05) is 11.5 Å². The van der Waals surface area contributed by atoms with E-state index in [0.717, 1.165) is 35.4 Å². The number of ether oxygens (including phenoxy) is 1. The van der Waals surface area contributed by atoms with Gasteiger partial charge in [0.2, 0.25) is 0 Å². The number of carbonyl (C=O) groups is 2. The molecule has 1 saturated heterocycles. The van der Waals surface area contributed by atoms with Gasteiger partial charge >= 0.3 is 0 Å². The number of ketones is 1. The van der Waals surface area contributed by atoms with Crippen LogP contribution in [0, 0.1) is 11.6 Å². The van der Waals surface area contributed by atoms with Crippen LogP contribution in [-0.2, 0) is 16.0 Å². The summed E-state index contributed by atoms with van der Waals surface area (Å²) < 4.78 is 34.0. The standard InChI is InChI=1S/C26H19F2NO4/c27-17-8-10-18(11-9-17)29-23(19-5-1-2-6-20(19)28)22(25(31)26(29)32)24(30)16-7-12-21-15(14-16)4-3-13-33-21/h1-2,5-12,14,23,30H,3-4,13H2/b24-22+. The highest BCUT2D eigenvalue weighted by Crippen LogP contribution is 2.43. The first-order valence-corrected chi connectivity index (χ1v) is 10.5. The van der Waals surface area contributed by atoms with Crippen molar-refractivity contribution >= 4 is 23.1 Å². The molecule has 5 rings (SSSR count). The van der Waals surface area contributed by atoms with E-state index in [4.69, 9.17) is 4.74 Å². The summed E-state index contributed by atoms with van der Waals surface area (Å²) in [5.74, 6) is -2.73. The Hall–Kier alpha value is -4.00. The van der Waals surface area contributed by atoms with Gasteiger partial charge in [0, 0.05) is 16.8 Å². The van der Waals surface area contributed by atoms with E-state index in [0.29, 0.717) is 17.9 Å². The van der Waals surface area contributed by atoms with Crippen LogP contribution in [0.5, 0.6) is 5.75 Å². The predicted octanol–water partition coefficient (Wildman–Crippen LogP) is 4.92. The number of hydrogen-bond donors (Lipinski definition) is 1. The van der Waals surface area contributed by atoms with E-state index in [2.05, 4.69) is 0 Å². The lowest BCUT2D eigenvalue weighted by atomic mass is 9.93. The molecule has 2 aliphatic rings. The number of carbonyl (C=O) groups excluding carboxylic acids is 2. The highest BCUT2D eigenvalue weighted by molar-refractivity contribution is 6.51. The second-order valence-electron chi connectivity index (χ2n) is 7.94. The molecule has 0 saturated carbocycles. The Morgan fingerprint density at radius 2 is 1.76 bits per heavy atom. The molecule has 0 spiro atoms. The van der Waals surface area contributed by atoms with Crippen LogP contribution in [0.15, 0.2) is 72.3 Å². The quantitative estimate of drug-likeness (QED) is 0.352. The topological polar surface area (TPSA) is 66.8 Å². The van der Waals surface area contributed by atoms with E-state index in [9.17, 15) is 23.5 Å². The summed E-state index contributed by atoms with van der Waals surface area (Å²) in [4.78, 5) is 27.3. The minimum atomic E-state index is -1.22. The van der Waals surface area contributed by atoms with E-state index < -0.39 is 35.1 Å². The number of rotatable bonds is 3. The van der Waals surface area contributed by atoms with Crippen molar-refractivity contribution in [2.24, 2.45) is 0 Å². The average Bonchev–Trinajstić information content (AvgIpc) is 3.09. The van der Waals surface area contributed by atoms with Gasteiger partial charge in [-0.2, -0.15) is 0 Å².